The molecule has 5 rings (SSSR count). The Balaban J connectivity index is 1.18. The van der Waals surface area contributed by atoms with Gasteiger partial charge in [-0.25, -0.2) is 4.57 Å². The van der Waals surface area contributed by atoms with Gasteiger partial charge in [-0.05, 0) is 97.7 Å². The second kappa shape index (κ2) is 13.0. The molecule has 14 atom stereocenters. The summed E-state index contributed by atoms with van der Waals surface area (Å²) in [5.41, 5.74) is 1.86. The summed E-state index contributed by atoms with van der Waals surface area (Å²) < 4.78 is 28.7. The molecule has 2 unspecified atom stereocenters. The first-order chi connectivity index (χ1) is 20.2. The average Bonchev–Trinajstić information content (AvgIpc) is 3.30. The van der Waals surface area contributed by atoms with Crippen LogP contribution in [0.3, 0.4) is 0 Å². The lowest BCUT2D eigenvalue weighted by Crippen LogP contribution is -2.58. The first-order valence-corrected chi connectivity index (χ1v) is 18.4. The molecule has 248 valence electrons. The Morgan fingerprint density at radius 2 is 1.72 bits per heavy atom. The minimum atomic E-state index is -4.51. The number of rotatable bonds is 10. The zero-order chi connectivity index (χ0) is 31.3. The second-order valence-electron chi connectivity index (χ2n) is 15.6. The number of ether oxygens (including phenoxy) is 1. The molecule has 0 spiro atoms. The van der Waals surface area contributed by atoms with Crippen molar-refractivity contribution in [3.8, 4) is 0 Å². The van der Waals surface area contributed by atoms with Crippen LogP contribution in [0.15, 0.2) is 11.6 Å². The van der Waals surface area contributed by atoms with Crippen molar-refractivity contribution in [2.45, 2.75) is 142 Å². The average molecular weight is 629 g/mol. The second-order valence-corrected chi connectivity index (χ2v) is 17.0. The van der Waals surface area contributed by atoms with E-state index in [-0.39, 0.29) is 5.41 Å². The third-order valence-corrected chi connectivity index (χ3v) is 13.7. The summed E-state index contributed by atoms with van der Waals surface area (Å²) in [5, 5.41) is 39.4. The van der Waals surface area contributed by atoms with Gasteiger partial charge in [-0.2, -0.15) is 0 Å². The maximum absolute atomic E-state index is 12.9. The lowest BCUT2D eigenvalue weighted by molar-refractivity contribution is -0.285. The van der Waals surface area contributed by atoms with Crippen molar-refractivity contribution < 1.29 is 43.7 Å². The molecule has 0 aromatic carbocycles. The van der Waals surface area contributed by atoms with Gasteiger partial charge in [-0.15, -0.1) is 0 Å². The summed E-state index contributed by atoms with van der Waals surface area (Å²) in [6.45, 7) is 11.6. The van der Waals surface area contributed by atoms with Crippen LogP contribution in [-0.4, -0.2) is 68.7 Å². The van der Waals surface area contributed by atoms with E-state index in [9.17, 15) is 29.9 Å². The highest BCUT2D eigenvalue weighted by Gasteiger charge is 2.59. The molecule has 0 bridgehead atoms. The number of allylic oxidation sites excluding steroid dienone is 1. The highest BCUT2D eigenvalue weighted by molar-refractivity contribution is 7.47. The van der Waals surface area contributed by atoms with Gasteiger partial charge in [0.05, 0.1) is 12.7 Å². The Hall–Kier alpha value is -0.350. The normalized spacial score (nSPS) is 46.8. The summed E-state index contributed by atoms with van der Waals surface area (Å²) in [6, 6.07) is 0. The van der Waals surface area contributed by atoms with E-state index >= 15 is 0 Å². The molecular weight excluding hydrogens is 571 g/mol. The molecule has 0 amide bonds. The summed E-state index contributed by atoms with van der Waals surface area (Å²) in [7, 11) is -4.51. The SMILES string of the molecule is CC(C)CCC[C@@H](C)[C@H]1CC[C@H]2[C@@H]3CC=C4C[C@@H](OP(=O)(O)OC[C@H]5OC(O)[C@H](O)[C@@H](O)[C@@H]5O)CC[C@]4(C)[C@H]3CC[C@]12C. The molecule has 43 heavy (non-hydrogen) atoms. The van der Waals surface area contributed by atoms with E-state index in [1.165, 1.54) is 50.5 Å². The topological polar surface area (TPSA) is 146 Å². The predicted octanol–water partition coefficient (Wildman–Crippen LogP) is 5.33. The minimum absolute atomic E-state index is 0.0819. The van der Waals surface area contributed by atoms with Crippen molar-refractivity contribution in [1.82, 2.24) is 0 Å². The molecule has 3 saturated carbocycles. The number of fused-ring (bicyclic) bond motifs is 5. The minimum Gasteiger partial charge on any atom is -0.387 e. The number of aliphatic hydroxyl groups is 4. The molecule has 1 saturated heterocycles. The molecule has 1 heterocycles. The molecule has 1 aliphatic heterocycles. The summed E-state index contributed by atoms with van der Waals surface area (Å²) in [6.07, 6.45) is 6.52. The van der Waals surface area contributed by atoms with Gasteiger partial charge < -0.3 is 30.1 Å². The van der Waals surface area contributed by atoms with Gasteiger partial charge in [-0.1, -0.05) is 65.5 Å². The van der Waals surface area contributed by atoms with E-state index in [4.69, 9.17) is 13.8 Å². The monoisotopic (exact) mass is 628 g/mol. The van der Waals surface area contributed by atoms with Gasteiger partial charge >= 0.3 is 7.82 Å². The van der Waals surface area contributed by atoms with Gasteiger partial charge in [0.2, 0.25) is 0 Å². The van der Waals surface area contributed by atoms with Gasteiger partial charge in [0, 0.05) is 0 Å². The van der Waals surface area contributed by atoms with Crippen LogP contribution in [0.25, 0.3) is 0 Å². The van der Waals surface area contributed by atoms with Gasteiger partial charge in [0.25, 0.3) is 0 Å². The van der Waals surface area contributed by atoms with E-state index in [2.05, 4.69) is 40.7 Å². The molecular formula is C33H57O9P. The molecule has 0 radical (unpaired) electrons. The zero-order valence-electron chi connectivity index (χ0n) is 26.8. The van der Waals surface area contributed by atoms with Crippen molar-refractivity contribution in [1.29, 1.82) is 0 Å². The molecule has 4 fully saturated rings. The van der Waals surface area contributed by atoms with E-state index in [0.29, 0.717) is 30.1 Å². The first-order valence-electron chi connectivity index (χ1n) is 16.9. The van der Waals surface area contributed by atoms with Crippen molar-refractivity contribution in [2.24, 2.45) is 46.3 Å². The highest BCUT2D eigenvalue weighted by atomic mass is 31.2. The van der Waals surface area contributed by atoms with Crippen molar-refractivity contribution in [3.05, 3.63) is 11.6 Å². The lowest BCUT2D eigenvalue weighted by Gasteiger charge is -2.58. The van der Waals surface area contributed by atoms with Crippen LogP contribution in [-0.2, 0) is 18.3 Å². The van der Waals surface area contributed by atoms with Crippen LogP contribution in [0.2, 0.25) is 0 Å². The van der Waals surface area contributed by atoms with E-state index in [0.717, 1.165) is 36.5 Å². The van der Waals surface area contributed by atoms with Crippen LogP contribution in [0.4, 0.5) is 0 Å². The zero-order valence-corrected chi connectivity index (χ0v) is 27.7. The van der Waals surface area contributed by atoms with Crippen LogP contribution in [0.1, 0.15) is 105 Å². The quantitative estimate of drug-likeness (QED) is 0.160. The van der Waals surface area contributed by atoms with Crippen LogP contribution >= 0.6 is 7.82 Å². The number of hydrogen-bond acceptors (Lipinski definition) is 8. The summed E-state index contributed by atoms with van der Waals surface area (Å²) in [4.78, 5) is 10.5. The lowest BCUT2D eigenvalue weighted by atomic mass is 9.47. The summed E-state index contributed by atoms with van der Waals surface area (Å²) in [5.74, 6) is 4.50. The Kier molecular flexibility index (Phi) is 10.3. The fourth-order valence-corrected chi connectivity index (χ4v) is 11.1. The van der Waals surface area contributed by atoms with Crippen molar-refractivity contribution in [2.75, 3.05) is 6.61 Å². The van der Waals surface area contributed by atoms with E-state index in [1.54, 1.807) is 0 Å². The molecule has 5 aliphatic rings. The molecule has 0 aromatic rings. The standard InChI is InChI=1S/C33H57O9P/c1-19(2)7-6-8-20(3)24-11-12-25-23-10-9-21-17-22(13-15-32(21,4)26(23)14-16-33(24,25)5)42-43(38,39)40-18-27-28(34)29(35)30(36)31(37)41-27/h9,19-20,22-31,34-37H,6-8,10-18H2,1-5H3,(H,38,39)/t20-,22+,23+,24-,25+,26+,27-,28-,29+,30-,31?,32+,33-/m1/s1. The molecule has 0 aromatic heterocycles. The highest BCUT2D eigenvalue weighted by Crippen LogP contribution is 2.67. The Bertz CT molecular complexity index is 1050. The number of aliphatic hydroxyl groups excluding tert-OH is 4. The third kappa shape index (κ3) is 6.73. The third-order valence-electron chi connectivity index (χ3n) is 12.6. The van der Waals surface area contributed by atoms with E-state index in [1.807, 2.05) is 0 Å². The fourth-order valence-electron chi connectivity index (χ4n) is 10.2. The van der Waals surface area contributed by atoms with Crippen LogP contribution in [0.5, 0.6) is 0 Å². The largest absolute Gasteiger partial charge is 0.472 e. The fraction of sp³-hybridized carbons (Fsp3) is 0.939. The van der Waals surface area contributed by atoms with Crippen molar-refractivity contribution >= 4 is 7.82 Å². The molecule has 4 aliphatic carbocycles. The number of phosphoric ester groups is 1. The Labute approximate surface area is 258 Å². The number of hydrogen-bond donors (Lipinski definition) is 5. The van der Waals surface area contributed by atoms with Gasteiger partial charge in [-0.3, -0.25) is 9.05 Å². The smallest absolute Gasteiger partial charge is 0.387 e. The Morgan fingerprint density at radius 1 is 0.977 bits per heavy atom. The summed E-state index contributed by atoms with van der Waals surface area (Å²) >= 11 is 0. The van der Waals surface area contributed by atoms with E-state index < -0.39 is 51.2 Å². The molecule has 5 N–H and O–H groups in total. The molecule has 9 nitrogen and oxygen atoms in total. The molecule has 10 heteroatoms. The maximum Gasteiger partial charge on any atom is 0.472 e. The Morgan fingerprint density at radius 3 is 2.44 bits per heavy atom. The van der Waals surface area contributed by atoms with Crippen LogP contribution < -0.4 is 0 Å². The van der Waals surface area contributed by atoms with Gasteiger partial charge in [0.15, 0.2) is 6.29 Å². The first kappa shape index (κ1) is 34.0. The van der Waals surface area contributed by atoms with Crippen LogP contribution in [0, 0.1) is 46.3 Å². The van der Waals surface area contributed by atoms with Gasteiger partial charge in [0.1, 0.15) is 24.4 Å². The predicted molar refractivity (Wildman–Crippen MR) is 163 cm³/mol. The maximum atomic E-state index is 12.9. The van der Waals surface area contributed by atoms with Crippen molar-refractivity contribution in [3.63, 3.8) is 0 Å². The number of phosphoric acid groups is 1.